The van der Waals surface area contributed by atoms with Crippen LogP contribution < -0.4 is 5.32 Å². The van der Waals surface area contributed by atoms with Crippen LogP contribution in [0.3, 0.4) is 0 Å². The maximum absolute atomic E-state index is 12.8. The fourth-order valence-electron chi connectivity index (χ4n) is 1.83. The molecule has 0 saturated heterocycles. The van der Waals surface area contributed by atoms with Crippen LogP contribution in [0.1, 0.15) is 12.5 Å². The highest BCUT2D eigenvalue weighted by molar-refractivity contribution is 6.35. The maximum atomic E-state index is 12.8. The zero-order valence-corrected chi connectivity index (χ0v) is 14.6. The third-order valence-electron chi connectivity index (χ3n) is 3.13. The fraction of sp³-hybridized carbons (Fsp3) is 0.111. The first-order valence-corrected chi connectivity index (χ1v) is 8.01. The van der Waals surface area contributed by atoms with E-state index in [4.69, 9.17) is 27.9 Å². The van der Waals surface area contributed by atoms with Gasteiger partial charge >= 0.3 is 5.97 Å². The second-order valence-corrected chi connectivity index (χ2v) is 5.92. The number of carbonyl (C=O) groups is 2. The molecule has 0 aromatic heterocycles. The molecule has 25 heavy (non-hydrogen) atoms. The molecule has 0 unspecified atom stereocenters. The SMILES string of the molecule is C[C@@H](OC(=O)/C=C/c1ccc(F)cc1)C(=O)Nc1cc(Cl)ccc1Cl. The lowest BCUT2D eigenvalue weighted by molar-refractivity contribution is -0.148. The highest BCUT2D eigenvalue weighted by Crippen LogP contribution is 2.25. The van der Waals surface area contributed by atoms with E-state index in [2.05, 4.69) is 5.32 Å². The molecule has 1 N–H and O–H groups in total. The average molecular weight is 382 g/mol. The standard InChI is InChI=1S/C18H14Cl2FNO3/c1-11(18(24)22-16-10-13(19)5-8-15(16)20)25-17(23)9-4-12-2-6-14(21)7-3-12/h2-11H,1H3,(H,22,24)/b9-4+/t11-/m1/s1. The van der Waals surface area contributed by atoms with Crippen LogP contribution in [-0.4, -0.2) is 18.0 Å². The Kier molecular flexibility index (Phi) is 6.56. The molecule has 7 heteroatoms. The summed E-state index contributed by atoms with van der Waals surface area (Å²) in [6.07, 6.45) is 1.57. The summed E-state index contributed by atoms with van der Waals surface area (Å²) < 4.78 is 17.8. The zero-order chi connectivity index (χ0) is 18.4. The lowest BCUT2D eigenvalue weighted by Crippen LogP contribution is -2.29. The molecule has 0 aliphatic carbocycles. The Labute approximate surface area is 154 Å². The first-order valence-electron chi connectivity index (χ1n) is 7.25. The van der Waals surface area contributed by atoms with Gasteiger partial charge in [0.15, 0.2) is 6.10 Å². The van der Waals surface area contributed by atoms with Gasteiger partial charge in [-0.15, -0.1) is 0 Å². The quantitative estimate of drug-likeness (QED) is 0.602. The van der Waals surface area contributed by atoms with Crippen LogP contribution in [0.2, 0.25) is 10.0 Å². The van der Waals surface area contributed by atoms with Gasteiger partial charge in [-0.1, -0.05) is 35.3 Å². The normalized spacial score (nSPS) is 12.0. The van der Waals surface area contributed by atoms with Crippen LogP contribution >= 0.6 is 23.2 Å². The van der Waals surface area contributed by atoms with Crippen LogP contribution in [0.15, 0.2) is 48.5 Å². The van der Waals surface area contributed by atoms with E-state index in [1.807, 2.05) is 0 Å². The molecule has 2 rings (SSSR count). The topological polar surface area (TPSA) is 55.4 Å². The lowest BCUT2D eigenvalue weighted by Gasteiger charge is -2.13. The number of amides is 1. The number of hydrogen-bond donors (Lipinski definition) is 1. The number of nitrogens with one attached hydrogen (secondary N) is 1. The molecule has 0 aliphatic rings. The number of benzene rings is 2. The average Bonchev–Trinajstić information content (AvgIpc) is 2.57. The van der Waals surface area contributed by atoms with Crippen molar-refractivity contribution in [3.63, 3.8) is 0 Å². The molecule has 1 atom stereocenters. The van der Waals surface area contributed by atoms with Crippen LogP contribution in [0.25, 0.3) is 6.08 Å². The number of halogens is 3. The van der Waals surface area contributed by atoms with Crippen LogP contribution in [0, 0.1) is 5.82 Å². The molecule has 4 nitrogen and oxygen atoms in total. The Morgan fingerprint density at radius 2 is 1.84 bits per heavy atom. The molecule has 0 radical (unpaired) electrons. The summed E-state index contributed by atoms with van der Waals surface area (Å²) in [4.78, 5) is 23.8. The number of carbonyl (C=O) groups excluding carboxylic acids is 2. The molecule has 0 aliphatic heterocycles. The molecule has 0 bridgehead atoms. The molecule has 2 aromatic rings. The summed E-state index contributed by atoms with van der Waals surface area (Å²) in [5.41, 5.74) is 0.949. The van der Waals surface area contributed by atoms with Gasteiger partial charge in [0.2, 0.25) is 0 Å². The molecular formula is C18H14Cl2FNO3. The minimum absolute atomic E-state index is 0.312. The minimum atomic E-state index is -1.04. The van der Waals surface area contributed by atoms with E-state index in [1.165, 1.54) is 43.3 Å². The van der Waals surface area contributed by atoms with Crippen molar-refractivity contribution in [2.45, 2.75) is 13.0 Å². The summed E-state index contributed by atoms with van der Waals surface area (Å²) in [6, 6.07) is 10.2. The summed E-state index contributed by atoms with van der Waals surface area (Å²) in [6.45, 7) is 1.43. The highest BCUT2D eigenvalue weighted by Gasteiger charge is 2.17. The summed E-state index contributed by atoms with van der Waals surface area (Å²) in [5, 5.41) is 3.26. The Morgan fingerprint density at radius 3 is 2.52 bits per heavy atom. The van der Waals surface area contributed by atoms with Crippen LogP contribution in [-0.2, 0) is 14.3 Å². The Bertz CT molecular complexity index is 806. The van der Waals surface area contributed by atoms with Crippen molar-refractivity contribution < 1.29 is 18.7 Å². The van der Waals surface area contributed by atoms with Crippen molar-refractivity contribution in [3.8, 4) is 0 Å². The maximum Gasteiger partial charge on any atom is 0.331 e. The van der Waals surface area contributed by atoms with Gasteiger partial charge in [-0.3, -0.25) is 4.79 Å². The zero-order valence-electron chi connectivity index (χ0n) is 13.1. The van der Waals surface area contributed by atoms with E-state index >= 15 is 0 Å². The first kappa shape index (κ1) is 19.0. The number of rotatable bonds is 5. The van der Waals surface area contributed by atoms with Gasteiger partial charge in [0.25, 0.3) is 5.91 Å². The van der Waals surface area contributed by atoms with E-state index < -0.39 is 18.0 Å². The number of hydrogen-bond acceptors (Lipinski definition) is 3. The van der Waals surface area contributed by atoms with Crippen LogP contribution in [0.4, 0.5) is 10.1 Å². The number of ether oxygens (including phenoxy) is 1. The van der Waals surface area contributed by atoms with E-state index in [9.17, 15) is 14.0 Å². The lowest BCUT2D eigenvalue weighted by atomic mass is 10.2. The van der Waals surface area contributed by atoms with Crippen molar-refractivity contribution in [3.05, 3.63) is 70.0 Å². The van der Waals surface area contributed by atoms with Gasteiger partial charge in [-0.2, -0.15) is 0 Å². The van der Waals surface area contributed by atoms with Crippen molar-refractivity contribution in [2.75, 3.05) is 5.32 Å². The van der Waals surface area contributed by atoms with Crippen molar-refractivity contribution in [1.29, 1.82) is 0 Å². The van der Waals surface area contributed by atoms with E-state index in [0.29, 0.717) is 21.3 Å². The Balaban J connectivity index is 1.92. The van der Waals surface area contributed by atoms with E-state index in [1.54, 1.807) is 12.1 Å². The molecule has 2 aromatic carbocycles. The van der Waals surface area contributed by atoms with Gasteiger partial charge in [-0.05, 0) is 48.9 Å². The van der Waals surface area contributed by atoms with E-state index in [-0.39, 0.29) is 5.82 Å². The second kappa shape index (κ2) is 8.65. The van der Waals surface area contributed by atoms with Gasteiger partial charge in [0.05, 0.1) is 10.7 Å². The molecular weight excluding hydrogens is 368 g/mol. The molecule has 0 saturated carbocycles. The number of esters is 1. The predicted molar refractivity (Wildman–Crippen MR) is 96.1 cm³/mol. The third-order valence-corrected chi connectivity index (χ3v) is 3.69. The van der Waals surface area contributed by atoms with E-state index in [0.717, 1.165) is 6.08 Å². The molecule has 0 spiro atoms. The monoisotopic (exact) mass is 381 g/mol. The summed E-state index contributed by atoms with van der Waals surface area (Å²) in [5.74, 6) is -1.62. The van der Waals surface area contributed by atoms with Crippen molar-refractivity contribution >= 4 is 46.8 Å². The van der Waals surface area contributed by atoms with Gasteiger partial charge < -0.3 is 10.1 Å². The summed E-state index contributed by atoms with van der Waals surface area (Å²) >= 11 is 11.8. The van der Waals surface area contributed by atoms with Crippen molar-refractivity contribution in [2.24, 2.45) is 0 Å². The molecule has 0 fully saturated rings. The van der Waals surface area contributed by atoms with Crippen LogP contribution in [0.5, 0.6) is 0 Å². The van der Waals surface area contributed by atoms with Gasteiger partial charge in [-0.25, -0.2) is 9.18 Å². The van der Waals surface area contributed by atoms with Gasteiger partial charge in [0, 0.05) is 11.1 Å². The predicted octanol–water partition coefficient (Wildman–Crippen LogP) is 4.72. The fourth-order valence-corrected chi connectivity index (χ4v) is 2.17. The first-order chi connectivity index (χ1) is 11.8. The van der Waals surface area contributed by atoms with Gasteiger partial charge in [0.1, 0.15) is 5.82 Å². The highest BCUT2D eigenvalue weighted by atomic mass is 35.5. The Morgan fingerprint density at radius 1 is 1.16 bits per heavy atom. The van der Waals surface area contributed by atoms with Crippen molar-refractivity contribution in [1.82, 2.24) is 0 Å². The molecule has 1 amide bonds. The third kappa shape index (κ3) is 5.89. The number of anilines is 1. The summed E-state index contributed by atoms with van der Waals surface area (Å²) in [7, 11) is 0. The molecule has 130 valence electrons. The Hall–Kier alpha value is -2.37. The smallest absolute Gasteiger partial charge is 0.331 e. The minimum Gasteiger partial charge on any atom is -0.449 e. The largest absolute Gasteiger partial charge is 0.449 e. The molecule has 0 heterocycles. The second-order valence-electron chi connectivity index (χ2n) is 5.08.